The van der Waals surface area contributed by atoms with Gasteiger partial charge in [-0.15, -0.1) is 0 Å². The van der Waals surface area contributed by atoms with Gasteiger partial charge in [-0.1, -0.05) is 31.2 Å². The van der Waals surface area contributed by atoms with E-state index in [1.807, 2.05) is 6.92 Å². The third kappa shape index (κ3) is 8.04. The molecule has 7 nitrogen and oxygen atoms in total. The van der Waals surface area contributed by atoms with E-state index >= 15 is 0 Å². The average molecular weight is 326 g/mol. The van der Waals surface area contributed by atoms with Crippen LogP contribution in [0.4, 0.5) is 4.79 Å². The van der Waals surface area contributed by atoms with Gasteiger partial charge in [0.2, 0.25) is 0 Å². The molecule has 0 aromatic rings. The van der Waals surface area contributed by atoms with Crippen LogP contribution >= 0.6 is 0 Å². The molecule has 0 heterocycles. The van der Waals surface area contributed by atoms with Gasteiger partial charge < -0.3 is 20.0 Å². The highest BCUT2D eigenvalue weighted by molar-refractivity contribution is 6.22. The number of Topliss-reactive ketones (excluding diaryl/α,β-unsaturated/α-hetero) is 1. The van der Waals surface area contributed by atoms with Crippen LogP contribution in [0.2, 0.25) is 0 Å². The normalized spacial score (nSPS) is 14.7. The van der Waals surface area contributed by atoms with Crippen molar-refractivity contribution in [1.29, 1.82) is 0 Å². The lowest BCUT2D eigenvalue weighted by atomic mass is 9.91. The van der Waals surface area contributed by atoms with Gasteiger partial charge in [0.05, 0.1) is 11.3 Å². The maximum atomic E-state index is 11.8. The lowest BCUT2D eigenvalue weighted by molar-refractivity contribution is -0.115. The van der Waals surface area contributed by atoms with Gasteiger partial charge in [0.25, 0.3) is 0 Å². The molecule has 7 heteroatoms. The molecule has 0 aromatic carbocycles. The monoisotopic (exact) mass is 326 g/mol. The third-order valence-corrected chi connectivity index (χ3v) is 2.91. The van der Waals surface area contributed by atoms with Gasteiger partial charge in [-0.3, -0.25) is 4.79 Å². The maximum Gasteiger partial charge on any atom is 0.406 e. The van der Waals surface area contributed by atoms with Gasteiger partial charge in [-0.2, -0.15) is 0 Å². The Bertz CT molecular complexity index is 481. The Morgan fingerprint density at radius 1 is 1.43 bits per heavy atom. The highest BCUT2D eigenvalue weighted by atomic mass is 16.6. The first-order valence-electron chi connectivity index (χ1n) is 7.50. The molecule has 0 saturated heterocycles. The quantitative estimate of drug-likeness (QED) is 0.338. The summed E-state index contributed by atoms with van der Waals surface area (Å²) in [6.45, 7) is 5.82. The van der Waals surface area contributed by atoms with Crippen molar-refractivity contribution in [3.8, 4) is 0 Å². The molecule has 0 bridgehead atoms. The number of aliphatic hydroxyl groups is 1. The standard InChI is InChI=1S/C13H19NO3.C3H7NO2/c1-3-6-10(14-17-9-4-2)13-11(15)7-5-8-12(13)16;1-4(2)3(5)6/h4,15H,2-3,5-9H2,1H3;1-2H3,(H,5,6). The van der Waals surface area contributed by atoms with E-state index in [0.29, 0.717) is 43.6 Å². The molecule has 0 fully saturated rings. The summed E-state index contributed by atoms with van der Waals surface area (Å²) in [5.41, 5.74) is 0.915. The molecule has 0 unspecified atom stereocenters. The number of ketones is 1. The Balaban J connectivity index is 0.000000688. The zero-order chi connectivity index (χ0) is 17.8. The Kier molecular flexibility index (Phi) is 10.1. The summed E-state index contributed by atoms with van der Waals surface area (Å²) in [4.78, 5) is 27.5. The first-order valence-corrected chi connectivity index (χ1v) is 7.50. The predicted molar refractivity (Wildman–Crippen MR) is 88.7 cm³/mol. The third-order valence-electron chi connectivity index (χ3n) is 2.91. The molecular weight excluding hydrogens is 300 g/mol. The number of carbonyl (C=O) groups is 2. The van der Waals surface area contributed by atoms with E-state index in [1.165, 1.54) is 14.1 Å². The van der Waals surface area contributed by atoms with Gasteiger partial charge in [-0.25, -0.2) is 4.79 Å². The SMILES string of the molecule is C=CCON=C(CCC)C1=C(O)CCCC1=O.CN(C)C(=O)O. The molecule has 130 valence electrons. The minimum absolute atomic E-state index is 0.0387. The molecule has 0 aromatic heterocycles. The topological polar surface area (TPSA) is 99.4 Å². The van der Waals surface area contributed by atoms with Crippen molar-refractivity contribution >= 4 is 17.6 Å². The van der Waals surface area contributed by atoms with E-state index in [4.69, 9.17) is 9.94 Å². The van der Waals surface area contributed by atoms with Gasteiger partial charge in [0.15, 0.2) is 5.78 Å². The van der Waals surface area contributed by atoms with Gasteiger partial charge >= 0.3 is 6.09 Å². The molecule has 1 aliphatic carbocycles. The van der Waals surface area contributed by atoms with Crippen LogP contribution in [0, 0.1) is 0 Å². The van der Waals surface area contributed by atoms with E-state index < -0.39 is 6.09 Å². The molecule has 0 aliphatic heterocycles. The number of nitrogens with zero attached hydrogens (tertiary/aromatic N) is 2. The summed E-state index contributed by atoms with van der Waals surface area (Å²) >= 11 is 0. The van der Waals surface area contributed by atoms with Crippen molar-refractivity contribution in [3.05, 3.63) is 24.0 Å². The van der Waals surface area contributed by atoms with E-state index in [9.17, 15) is 14.7 Å². The molecule has 23 heavy (non-hydrogen) atoms. The maximum absolute atomic E-state index is 11.8. The zero-order valence-electron chi connectivity index (χ0n) is 14.0. The first-order chi connectivity index (χ1) is 10.8. The Hall–Kier alpha value is -2.31. The number of hydrogen-bond donors (Lipinski definition) is 2. The molecule has 0 atom stereocenters. The molecule has 2 N–H and O–H groups in total. The lowest BCUT2D eigenvalue weighted by Gasteiger charge is -2.16. The van der Waals surface area contributed by atoms with Gasteiger partial charge in [0.1, 0.15) is 12.4 Å². The van der Waals surface area contributed by atoms with Crippen molar-refractivity contribution < 1.29 is 24.6 Å². The summed E-state index contributed by atoms with van der Waals surface area (Å²) in [7, 11) is 2.95. The largest absolute Gasteiger partial charge is 0.511 e. The Morgan fingerprint density at radius 3 is 2.48 bits per heavy atom. The molecule has 0 saturated carbocycles. The molecule has 1 aliphatic rings. The van der Waals surface area contributed by atoms with Crippen molar-refractivity contribution in [2.75, 3.05) is 20.7 Å². The van der Waals surface area contributed by atoms with E-state index in [-0.39, 0.29) is 11.5 Å². The van der Waals surface area contributed by atoms with Gasteiger partial charge in [0, 0.05) is 26.9 Å². The first kappa shape index (κ1) is 20.7. The molecule has 0 radical (unpaired) electrons. The van der Waals surface area contributed by atoms with Crippen LogP contribution in [-0.4, -0.2) is 53.4 Å². The highest BCUT2D eigenvalue weighted by Gasteiger charge is 2.24. The van der Waals surface area contributed by atoms with Crippen LogP contribution in [-0.2, 0) is 9.63 Å². The summed E-state index contributed by atoms with van der Waals surface area (Å²) in [6.07, 6.45) is 3.89. The lowest BCUT2D eigenvalue weighted by Crippen LogP contribution is -2.19. The van der Waals surface area contributed by atoms with E-state index in [0.717, 1.165) is 11.3 Å². The minimum Gasteiger partial charge on any atom is -0.511 e. The van der Waals surface area contributed by atoms with E-state index in [2.05, 4.69) is 11.7 Å². The van der Waals surface area contributed by atoms with Crippen LogP contribution in [0.1, 0.15) is 39.0 Å². The summed E-state index contributed by atoms with van der Waals surface area (Å²) < 4.78 is 0. The van der Waals surface area contributed by atoms with Gasteiger partial charge in [-0.05, 0) is 12.8 Å². The van der Waals surface area contributed by atoms with Crippen LogP contribution < -0.4 is 0 Å². The smallest absolute Gasteiger partial charge is 0.406 e. The molecule has 1 rings (SSSR count). The molecular formula is C16H26N2O5. The van der Waals surface area contributed by atoms with Crippen molar-refractivity contribution in [2.24, 2.45) is 5.16 Å². The number of allylic oxidation sites excluding steroid dienone is 2. The van der Waals surface area contributed by atoms with Crippen molar-refractivity contribution in [2.45, 2.75) is 39.0 Å². The summed E-state index contributed by atoms with van der Waals surface area (Å²) in [5.74, 6) is 0.110. The predicted octanol–water partition coefficient (Wildman–Crippen LogP) is 3.14. The number of oxime groups is 1. The second-order valence-corrected chi connectivity index (χ2v) is 5.15. The van der Waals surface area contributed by atoms with Crippen LogP contribution in [0.15, 0.2) is 29.1 Å². The molecule has 1 amide bonds. The van der Waals surface area contributed by atoms with Crippen molar-refractivity contribution in [3.63, 3.8) is 0 Å². The zero-order valence-corrected chi connectivity index (χ0v) is 14.0. The minimum atomic E-state index is -0.907. The van der Waals surface area contributed by atoms with Crippen molar-refractivity contribution in [1.82, 2.24) is 4.90 Å². The Labute approximate surface area is 136 Å². The van der Waals surface area contributed by atoms with Crippen LogP contribution in [0.25, 0.3) is 0 Å². The van der Waals surface area contributed by atoms with Crippen LogP contribution in [0.5, 0.6) is 0 Å². The van der Waals surface area contributed by atoms with Crippen LogP contribution in [0.3, 0.4) is 0 Å². The number of rotatable bonds is 6. The number of amides is 1. The number of carbonyl (C=O) groups excluding carboxylic acids is 1. The summed E-state index contributed by atoms with van der Waals surface area (Å²) in [6, 6.07) is 0. The fourth-order valence-corrected chi connectivity index (χ4v) is 1.78. The Morgan fingerprint density at radius 2 is 2.04 bits per heavy atom. The average Bonchev–Trinajstić information content (AvgIpc) is 2.47. The summed E-state index contributed by atoms with van der Waals surface area (Å²) in [5, 5.41) is 21.6. The fourth-order valence-electron chi connectivity index (χ4n) is 1.78. The fraction of sp³-hybridized carbons (Fsp3) is 0.562. The number of aliphatic hydroxyl groups excluding tert-OH is 1. The second kappa shape index (κ2) is 11.3. The number of hydrogen-bond acceptors (Lipinski definition) is 5. The second-order valence-electron chi connectivity index (χ2n) is 5.15. The van der Waals surface area contributed by atoms with E-state index in [1.54, 1.807) is 6.08 Å². The highest BCUT2D eigenvalue weighted by Crippen LogP contribution is 2.23. The number of carboxylic acid groups (broad SMARTS) is 1. The molecule has 0 spiro atoms.